The summed E-state index contributed by atoms with van der Waals surface area (Å²) in [5, 5.41) is 3.65. The third kappa shape index (κ3) is 4.67. The van der Waals surface area contributed by atoms with Crippen molar-refractivity contribution >= 4 is 21.6 Å². The maximum absolute atomic E-state index is 14.2. The minimum absolute atomic E-state index is 0.0290. The molecule has 4 aromatic rings. The lowest BCUT2D eigenvalue weighted by molar-refractivity contribution is -0.142. The van der Waals surface area contributed by atoms with Crippen molar-refractivity contribution in [1.29, 1.82) is 0 Å². The molecule has 0 radical (unpaired) electrons. The van der Waals surface area contributed by atoms with E-state index in [1.165, 1.54) is 21.7 Å². The number of ether oxygens (including phenoxy) is 2. The Balaban J connectivity index is 1.33. The molecule has 2 aliphatic heterocycles. The molecule has 0 atom stereocenters. The predicted molar refractivity (Wildman–Crippen MR) is 143 cm³/mol. The Morgan fingerprint density at radius 3 is 2.57 bits per heavy atom. The Bertz CT molecular complexity index is 1810. The maximum Gasteiger partial charge on any atom is 0.435 e. The maximum atomic E-state index is 14.2. The summed E-state index contributed by atoms with van der Waals surface area (Å²) in [7, 11) is -0.948. The highest BCUT2D eigenvalue weighted by Gasteiger charge is 2.43. The second-order valence-electron chi connectivity index (χ2n) is 9.96. The number of benzene rings is 2. The molecule has 2 aromatic heterocycles. The van der Waals surface area contributed by atoms with E-state index in [0.717, 1.165) is 8.99 Å². The monoisotopic (exact) mass is 602 g/mol. The number of hydrogen-bond acceptors (Lipinski definition) is 7. The van der Waals surface area contributed by atoms with Gasteiger partial charge in [0.15, 0.2) is 22.2 Å². The van der Waals surface area contributed by atoms with Gasteiger partial charge in [-0.3, -0.25) is 4.79 Å². The van der Waals surface area contributed by atoms with Gasteiger partial charge in [0.05, 0.1) is 11.4 Å². The zero-order valence-corrected chi connectivity index (χ0v) is 23.5. The summed E-state index contributed by atoms with van der Waals surface area (Å²) < 4.78 is 83.3. The number of halogens is 3. The molecule has 1 amide bonds. The van der Waals surface area contributed by atoms with Crippen LogP contribution in [0, 0.1) is 6.92 Å². The van der Waals surface area contributed by atoms with Crippen LogP contribution in [0.25, 0.3) is 5.69 Å². The molecule has 6 rings (SSSR count). The van der Waals surface area contributed by atoms with Crippen LogP contribution in [0.3, 0.4) is 0 Å². The molecule has 15 heteroatoms. The SMILES string of the molecule is Cc1nc(S(=O)(=O)N2CCc3c(c(C(F)(F)F)nn3-c3cccc(C(=O)N(C)c4ccc5c(c4)OCO5)c3)C2)cn1C. The van der Waals surface area contributed by atoms with Crippen molar-refractivity contribution in [2.75, 3.05) is 25.3 Å². The van der Waals surface area contributed by atoms with E-state index in [0.29, 0.717) is 23.0 Å². The van der Waals surface area contributed by atoms with E-state index in [-0.39, 0.29) is 47.3 Å². The van der Waals surface area contributed by atoms with Gasteiger partial charge < -0.3 is 18.9 Å². The lowest BCUT2D eigenvalue weighted by Gasteiger charge is -2.26. The molecule has 0 aliphatic carbocycles. The second-order valence-corrected chi connectivity index (χ2v) is 11.8. The smallest absolute Gasteiger partial charge is 0.435 e. The molecule has 11 nitrogen and oxygen atoms in total. The number of anilines is 1. The van der Waals surface area contributed by atoms with Crippen LogP contribution in [0.5, 0.6) is 11.5 Å². The topological polar surface area (TPSA) is 112 Å². The number of rotatable bonds is 5. The number of carbonyl (C=O) groups excluding carboxylic acids is 1. The van der Waals surface area contributed by atoms with Crippen molar-refractivity contribution in [3.8, 4) is 17.2 Å². The van der Waals surface area contributed by atoms with E-state index in [2.05, 4.69) is 10.1 Å². The molecule has 0 saturated carbocycles. The van der Waals surface area contributed by atoms with Gasteiger partial charge in [-0.05, 0) is 37.3 Å². The number of alkyl halides is 3. The third-order valence-electron chi connectivity index (χ3n) is 7.37. The molecular formula is C27H25F3N6O5S. The highest BCUT2D eigenvalue weighted by Crippen LogP contribution is 2.38. The summed E-state index contributed by atoms with van der Waals surface area (Å²) in [5.74, 6) is 1.11. The molecule has 0 N–H and O–H groups in total. The molecule has 42 heavy (non-hydrogen) atoms. The van der Waals surface area contributed by atoms with E-state index >= 15 is 0 Å². The molecule has 2 aliphatic rings. The fourth-order valence-electron chi connectivity index (χ4n) is 5.00. The zero-order chi connectivity index (χ0) is 30.0. The summed E-state index contributed by atoms with van der Waals surface area (Å²) in [6, 6.07) is 11.2. The van der Waals surface area contributed by atoms with Crippen LogP contribution in [-0.2, 0) is 36.2 Å². The lowest BCUT2D eigenvalue weighted by Crippen LogP contribution is -2.37. The Kier molecular flexibility index (Phi) is 6.53. The highest BCUT2D eigenvalue weighted by atomic mass is 32.2. The van der Waals surface area contributed by atoms with Crippen LogP contribution in [0.1, 0.15) is 33.1 Å². The van der Waals surface area contributed by atoms with Gasteiger partial charge in [-0.2, -0.15) is 22.6 Å². The van der Waals surface area contributed by atoms with Crippen molar-refractivity contribution < 1.29 is 35.9 Å². The first kappa shape index (κ1) is 27.8. The van der Waals surface area contributed by atoms with Gasteiger partial charge in [-0.25, -0.2) is 18.1 Å². The number of fused-ring (bicyclic) bond motifs is 2. The number of carbonyl (C=O) groups is 1. The van der Waals surface area contributed by atoms with Crippen LogP contribution in [0.2, 0.25) is 0 Å². The van der Waals surface area contributed by atoms with Crippen molar-refractivity contribution in [3.63, 3.8) is 0 Å². The number of sulfonamides is 1. The highest BCUT2D eigenvalue weighted by molar-refractivity contribution is 7.89. The summed E-state index contributed by atoms with van der Waals surface area (Å²) >= 11 is 0. The van der Waals surface area contributed by atoms with Crippen molar-refractivity contribution in [2.45, 2.75) is 31.1 Å². The average Bonchev–Trinajstić information content (AvgIpc) is 3.68. The standard InChI is InChI=1S/C27H25F3N6O5S/c1-16-31-24(14-33(16)2)42(38,39)35-10-9-21-20(13-35)25(27(28,29)30)32-36(21)19-6-4-5-17(11-19)26(37)34(3)18-7-8-22-23(12-18)41-15-40-22/h4-8,11-12,14H,9-10,13,15H2,1-3H3. The Labute approximate surface area is 238 Å². The normalized spacial score (nSPS) is 15.1. The molecule has 2 aromatic carbocycles. The van der Waals surface area contributed by atoms with E-state index in [1.807, 2.05) is 0 Å². The van der Waals surface area contributed by atoms with Gasteiger partial charge in [0.2, 0.25) is 6.79 Å². The van der Waals surface area contributed by atoms with Crippen LogP contribution < -0.4 is 14.4 Å². The van der Waals surface area contributed by atoms with Gasteiger partial charge >= 0.3 is 6.18 Å². The van der Waals surface area contributed by atoms with Crippen LogP contribution in [0.4, 0.5) is 18.9 Å². The number of hydrogen-bond donors (Lipinski definition) is 0. The molecular weight excluding hydrogens is 577 g/mol. The van der Waals surface area contributed by atoms with Crippen LogP contribution in [0.15, 0.2) is 53.7 Å². The quantitative estimate of drug-likeness (QED) is 0.343. The van der Waals surface area contributed by atoms with Gasteiger partial charge in [0, 0.05) is 62.7 Å². The Hall–Kier alpha value is -4.37. The first-order valence-electron chi connectivity index (χ1n) is 12.8. The van der Waals surface area contributed by atoms with E-state index in [1.54, 1.807) is 57.4 Å². The van der Waals surface area contributed by atoms with Crippen molar-refractivity contribution in [1.82, 2.24) is 23.6 Å². The summed E-state index contributed by atoms with van der Waals surface area (Å²) in [4.78, 5) is 18.8. The molecule has 0 bridgehead atoms. The Morgan fingerprint density at radius 1 is 1.10 bits per heavy atom. The molecule has 0 fully saturated rings. The minimum Gasteiger partial charge on any atom is -0.454 e. The lowest BCUT2D eigenvalue weighted by atomic mass is 10.1. The van der Waals surface area contributed by atoms with E-state index < -0.39 is 34.3 Å². The van der Waals surface area contributed by atoms with Gasteiger partial charge in [0.25, 0.3) is 15.9 Å². The molecule has 0 spiro atoms. The number of aryl methyl sites for hydroxylation is 2. The largest absolute Gasteiger partial charge is 0.454 e. The summed E-state index contributed by atoms with van der Waals surface area (Å²) in [6.45, 7) is 1.12. The summed E-state index contributed by atoms with van der Waals surface area (Å²) in [6.07, 6.45) is -3.53. The number of amides is 1. The van der Waals surface area contributed by atoms with Crippen molar-refractivity contribution in [2.24, 2.45) is 7.05 Å². The van der Waals surface area contributed by atoms with Crippen molar-refractivity contribution in [3.05, 3.63) is 77.0 Å². The molecule has 0 unspecified atom stereocenters. The van der Waals surface area contributed by atoms with E-state index in [4.69, 9.17) is 9.47 Å². The van der Waals surface area contributed by atoms with Gasteiger partial charge in [-0.1, -0.05) is 6.07 Å². The van der Waals surface area contributed by atoms with Gasteiger partial charge in [0.1, 0.15) is 5.82 Å². The first-order valence-corrected chi connectivity index (χ1v) is 14.2. The molecule has 4 heterocycles. The third-order valence-corrected chi connectivity index (χ3v) is 9.08. The van der Waals surface area contributed by atoms with E-state index in [9.17, 15) is 26.4 Å². The number of imidazole rings is 1. The Morgan fingerprint density at radius 2 is 1.86 bits per heavy atom. The fourth-order valence-corrected chi connectivity index (χ4v) is 6.43. The molecule has 220 valence electrons. The second kappa shape index (κ2) is 9.87. The predicted octanol–water partition coefficient (Wildman–Crippen LogP) is 3.69. The average molecular weight is 603 g/mol. The number of nitrogens with zero attached hydrogens (tertiary/aromatic N) is 6. The van der Waals surface area contributed by atoms with Gasteiger partial charge in [-0.15, -0.1) is 0 Å². The zero-order valence-electron chi connectivity index (χ0n) is 22.7. The summed E-state index contributed by atoms with van der Waals surface area (Å²) in [5.41, 5.74) is -0.197. The van der Waals surface area contributed by atoms with Crippen LogP contribution >= 0.6 is 0 Å². The minimum atomic E-state index is -4.84. The number of aromatic nitrogens is 4. The first-order chi connectivity index (χ1) is 19.8. The van der Waals surface area contributed by atoms with Crippen LogP contribution in [-0.4, -0.2) is 58.3 Å². The molecule has 0 saturated heterocycles. The fraction of sp³-hybridized carbons (Fsp3) is 0.296.